The number of hydrogen-bond donors (Lipinski definition) is 0. The number of rotatable bonds is 6. The first kappa shape index (κ1) is 12.4. The fourth-order valence-electron chi connectivity index (χ4n) is 0.791. The van der Waals surface area contributed by atoms with E-state index in [4.69, 9.17) is 14.3 Å². The van der Waals surface area contributed by atoms with Crippen molar-refractivity contribution in [1.82, 2.24) is 0 Å². The fourth-order valence-corrected chi connectivity index (χ4v) is 2.37. The molecule has 0 N–H and O–H groups in total. The van der Waals surface area contributed by atoms with E-state index in [1.54, 1.807) is 13.8 Å². The molecule has 0 aliphatic rings. The van der Waals surface area contributed by atoms with Crippen LogP contribution in [0.4, 0.5) is 0 Å². The predicted molar refractivity (Wildman–Crippen MR) is 50.5 cm³/mol. The van der Waals surface area contributed by atoms with Crippen LogP contribution in [-0.2, 0) is 13.6 Å². The molecule has 0 fully saturated rings. The monoisotopic (exact) mass is 203 g/mol. The van der Waals surface area contributed by atoms with Crippen LogP contribution in [0, 0.1) is 11.3 Å². The van der Waals surface area contributed by atoms with Gasteiger partial charge < -0.3 is 9.05 Å². The lowest BCUT2D eigenvalue weighted by Gasteiger charge is -2.15. The molecule has 0 aromatic carbocycles. The van der Waals surface area contributed by atoms with Gasteiger partial charge in [-0.1, -0.05) is 6.58 Å². The lowest BCUT2D eigenvalue weighted by atomic mass is 10.4. The maximum Gasteiger partial charge on any atom is 0.335 e. The summed E-state index contributed by atoms with van der Waals surface area (Å²) in [4.78, 5) is 0. The Morgan fingerprint density at radius 2 is 1.92 bits per heavy atom. The van der Waals surface area contributed by atoms with Crippen LogP contribution in [0.25, 0.3) is 0 Å². The largest absolute Gasteiger partial charge is 0.335 e. The third-order valence-corrected chi connectivity index (χ3v) is 3.27. The number of nitrogens with zero attached hydrogens (tertiary/aromatic N) is 1. The highest BCUT2D eigenvalue weighted by Crippen LogP contribution is 2.49. The van der Waals surface area contributed by atoms with E-state index in [0.29, 0.717) is 13.2 Å². The van der Waals surface area contributed by atoms with Gasteiger partial charge in [0.1, 0.15) is 0 Å². The first-order valence-corrected chi connectivity index (χ1v) is 5.76. The second-order valence-corrected chi connectivity index (χ2v) is 4.37. The highest BCUT2D eigenvalue weighted by molar-refractivity contribution is 7.54. The summed E-state index contributed by atoms with van der Waals surface area (Å²) in [6, 6.07) is 1.81. The van der Waals surface area contributed by atoms with Crippen LogP contribution in [0.1, 0.15) is 13.8 Å². The van der Waals surface area contributed by atoms with Crippen molar-refractivity contribution in [3.8, 4) is 6.07 Å². The molecular weight excluding hydrogens is 189 g/mol. The molecule has 0 saturated heterocycles. The highest BCUT2D eigenvalue weighted by Gasteiger charge is 2.24. The van der Waals surface area contributed by atoms with E-state index in [9.17, 15) is 4.57 Å². The van der Waals surface area contributed by atoms with E-state index in [1.165, 1.54) is 0 Å². The molecular formula is C8H14NO3P. The molecule has 0 rings (SSSR count). The van der Waals surface area contributed by atoms with Crippen molar-refractivity contribution < 1.29 is 13.6 Å². The molecule has 0 aliphatic carbocycles. The molecule has 0 aromatic heterocycles. The standard InChI is InChI=1S/C8H14NO3P/c1-4-11-13(10,12-5-2)7-8(3)6-9/h3-5,7H2,1-2H3. The molecule has 0 spiro atoms. The minimum atomic E-state index is -3.11. The third kappa shape index (κ3) is 4.84. The molecule has 4 nitrogen and oxygen atoms in total. The van der Waals surface area contributed by atoms with Crippen molar-refractivity contribution in [2.75, 3.05) is 19.4 Å². The van der Waals surface area contributed by atoms with E-state index in [-0.39, 0.29) is 11.7 Å². The zero-order valence-corrected chi connectivity index (χ0v) is 8.84. The van der Waals surface area contributed by atoms with Crippen molar-refractivity contribution in [3.63, 3.8) is 0 Å². The van der Waals surface area contributed by atoms with Crippen molar-refractivity contribution in [2.24, 2.45) is 0 Å². The van der Waals surface area contributed by atoms with Crippen molar-refractivity contribution in [3.05, 3.63) is 12.2 Å². The second-order valence-electron chi connectivity index (χ2n) is 2.32. The molecule has 0 bridgehead atoms. The third-order valence-electron chi connectivity index (χ3n) is 1.19. The summed E-state index contributed by atoms with van der Waals surface area (Å²) in [5, 5.41) is 8.45. The summed E-state index contributed by atoms with van der Waals surface area (Å²) in [5.74, 6) is 0. The topological polar surface area (TPSA) is 59.3 Å². The first-order valence-electron chi connectivity index (χ1n) is 4.04. The molecule has 0 amide bonds. The minimum absolute atomic E-state index is 0.0226. The van der Waals surface area contributed by atoms with E-state index in [2.05, 4.69) is 6.58 Å². The molecule has 0 radical (unpaired) electrons. The Balaban J connectivity index is 4.34. The summed E-state index contributed by atoms with van der Waals surface area (Å²) >= 11 is 0. The average molecular weight is 203 g/mol. The van der Waals surface area contributed by atoms with Gasteiger partial charge in [-0.15, -0.1) is 0 Å². The Labute approximate surface area is 78.7 Å². The smallest absolute Gasteiger partial charge is 0.309 e. The quantitative estimate of drug-likeness (QED) is 0.491. The van der Waals surface area contributed by atoms with Gasteiger partial charge in [0, 0.05) is 5.57 Å². The van der Waals surface area contributed by atoms with Gasteiger partial charge in [0.15, 0.2) is 0 Å². The second kappa shape index (κ2) is 5.93. The van der Waals surface area contributed by atoms with Crippen molar-refractivity contribution >= 4 is 7.60 Å². The normalized spacial score (nSPS) is 10.8. The summed E-state index contributed by atoms with van der Waals surface area (Å²) < 4.78 is 21.7. The lowest BCUT2D eigenvalue weighted by Crippen LogP contribution is -2.01. The van der Waals surface area contributed by atoms with Crippen LogP contribution in [0.3, 0.4) is 0 Å². The molecule has 5 heteroatoms. The van der Waals surface area contributed by atoms with Crippen LogP contribution >= 0.6 is 7.60 Å². The molecule has 0 unspecified atom stereocenters. The lowest BCUT2D eigenvalue weighted by molar-refractivity contribution is 0.222. The van der Waals surface area contributed by atoms with Crippen LogP contribution in [0.2, 0.25) is 0 Å². The number of nitriles is 1. The minimum Gasteiger partial charge on any atom is -0.309 e. The average Bonchev–Trinajstić information content (AvgIpc) is 2.04. The predicted octanol–water partition coefficient (Wildman–Crippen LogP) is 2.33. The summed E-state index contributed by atoms with van der Waals surface area (Å²) in [6.07, 6.45) is -0.0226. The van der Waals surface area contributed by atoms with Crippen LogP contribution in [0.15, 0.2) is 12.2 Å². The Hall–Kier alpha value is -0.620. The van der Waals surface area contributed by atoms with Crippen molar-refractivity contribution in [1.29, 1.82) is 5.26 Å². The van der Waals surface area contributed by atoms with Gasteiger partial charge in [0.25, 0.3) is 0 Å². The molecule has 0 atom stereocenters. The zero-order chi connectivity index (χ0) is 10.3. The summed E-state index contributed by atoms with van der Waals surface area (Å²) in [5.41, 5.74) is 0.213. The summed E-state index contributed by atoms with van der Waals surface area (Å²) in [6.45, 7) is 7.48. The molecule has 74 valence electrons. The van der Waals surface area contributed by atoms with Gasteiger partial charge in [-0.2, -0.15) is 5.26 Å². The highest BCUT2D eigenvalue weighted by atomic mass is 31.2. The Morgan fingerprint density at radius 3 is 2.23 bits per heavy atom. The van der Waals surface area contributed by atoms with Crippen LogP contribution in [0.5, 0.6) is 0 Å². The Morgan fingerprint density at radius 1 is 1.46 bits per heavy atom. The SMILES string of the molecule is C=C(C#N)CP(=O)(OCC)OCC. The molecule has 0 heterocycles. The molecule has 0 aromatic rings. The van der Waals surface area contributed by atoms with Gasteiger partial charge in [-0.3, -0.25) is 4.57 Å². The zero-order valence-electron chi connectivity index (χ0n) is 7.95. The van der Waals surface area contributed by atoms with Gasteiger partial charge in [0.05, 0.1) is 25.4 Å². The Kier molecular flexibility index (Phi) is 5.65. The van der Waals surface area contributed by atoms with Gasteiger partial charge in [-0.05, 0) is 13.8 Å². The first-order chi connectivity index (χ1) is 6.08. The molecule has 0 aliphatic heterocycles. The number of allylic oxidation sites excluding steroid dienone is 1. The van der Waals surface area contributed by atoms with Crippen molar-refractivity contribution in [2.45, 2.75) is 13.8 Å². The van der Waals surface area contributed by atoms with Crippen LogP contribution < -0.4 is 0 Å². The molecule has 13 heavy (non-hydrogen) atoms. The van der Waals surface area contributed by atoms with E-state index in [0.717, 1.165) is 0 Å². The number of hydrogen-bond acceptors (Lipinski definition) is 4. The van der Waals surface area contributed by atoms with Gasteiger partial charge in [-0.25, -0.2) is 0 Å². The fraction of sp³-hybridized carbons (Fsp3) is 0.625. The van der Waals surface area contributed by atoms with Crippen LogP contribution in [-0.4, -0.2) is 19.4 Å². The molecule has 0 saturated carbocycles. The van der Waals surface area contributed by atoms with E-state index >= 15 is 0 Å². The van der Waals surface area contributed by atoms with E-state index < -0.39 is 7.60 Å². The maximum absolute atomic E-state index is 11.7. The summed E-state index contributed by atoms with van der Waals surface area (Å²) in [7, 11) is -3.11. The maximum atomic E-state index is 11.7. The Bertz CT molecular complexity index is 247. The van der Waals surface area contributed by atoms with Gasteiger partial charge >= 0.3 is 7.60 Å². The van der Waals surface area contributed by atoms with Gasteiger partial charge in [0.2, 0.25) is 0 Å². The van der Waals surface area contributed by atoms with E-state index in [1.807, 2.05) is 6.07 Å².